The van der Waals surface area contributed by atoms with E-state index in [0.29, 0.717) is 15.9 Å². The van der Waals surface area contributed by atoms with E-state index in [1.54, 1.807) is 0 Å². The van der Waals surface area contributed by atoms with Crippen LogP contribution >= 0.6 is 15.9 Å². The van der Waals surface area contributed by atoms with Crippen molar-refractivity contribution in [1.82, 2.24) is 9.78 Å². The first-order chi connectivity index (χ1) is 15.7. The van der Waals surface area contributed by atoms with Gasteiger partial charge in [0.25, 0.3) is 0 Å². The Labute approximate surface area is 195 Å². The van der Waals surface area contributed by atoms with Gasteiger partial charge in [-0.25, -0.2) is 4.68 Å². The predicted octanol–water partition coefficient (Wildman–Crippen LogP) is 5.71. The maximum atomic E-state index is 9.75. The van der Waals surface area contributed by atoms with Gasteiger partial charge in [-0.05, 0) is 44.8 Å². The summed E-state index contributed by atoms with van der Waals surface area (Å²) in [4.78, 5) is 0. The number of nitrogens with two attached hydrogens (primary N) is 1. The summed E-state index contributed by atoms with van der Waals surface area (Å²) in [5.41, 5.74) is 10.9. The molecule has 0 fully saturated rings. The maximum absolute atomic E-state index is 9.75. The lowest BCUT2D eigenvalue weighted by Gasteiger charge is -2.37. The molecule has 0 aliphatic rings. The molecular formula is C27H22BrN3O. The number of hydrogen-bond acceptors (Lipinski definition) is 3. The quantitative estimate of drug-likeness (QED) is 0.248. The van der Waals surface area contributed by atoms with E-state index in [4.69, 9.17) is 10.8 Å². The van der Waals surface area contributed by atoms with Crippen molar-refractivity contribution in [3.63, 3.8) is 0 Å². The van der Waals surface area contributed by atoms with E-state index in [0.717, 1.165) is 27.6 Å². The van der Waals surface area contributed by atoms with Crippen LogP contribution in [0.4, 0.5) is 5.69 Å². The molecule has 0 amide bonds. The van der Waals surface area contributed by atoms with Crippen molar-refractivity contribution in [3.8, 4) is 0 Å². The molecular weight excluding hydrogens is 462 g/mol. The second kappa shape index (κ2) is 8.26. The molecule has 158 valence electrons. The van der Waals surface area contributed by atoms with Crippen molar-refractivity contribution < 1.29 is 5.11 Å². The van der Waals surface area contributed by atoms with Gasteiger partial charge < -0.3 is 10.8 Å². The Bertz CT molecular complexity index is 1270. The Kier molecular flexibility index (Phi) is 5.29. The SMILES string of the molecule is Nc1cc2c(cc1CO)c(Br)nn2C(c1ccccc1)(c1ccccc1)c1ccccc1. The highest BCUT2D eigenvalue weighted by Gasteiger charge is 2.40. The summed E-state index contributed by atoms with van der Waals surface area (Å²) in [5, 5.41) is 15.6. The molecule has 0 bridgehead atoms. The van der Waals surface area contributed by atoms with Gasteiger partial charge in [-0.2, -0.15) is 5.10 Å². The molecule has 0 aliphatic carbocycles. The molecule has 1 aromatic heterocycles. The smallest absolute Gasteiger partial charge is 0.138 e. The topological polar surface area (TPSA) is 64.1 Å². The standard InChI is InChI=1S/C27H22BrN3O/c28-26-23-16-19(18-32)24(29)17-25(23)31(30-26)27(20-10-4-1-5-11-20,21-12-6-2-7-13-21)22-14-8-3-9-15-22/h1-17,32H,18,29H2. The molecule has 32 heavy (non-hydrogen) atoms. The zero-order chi connectivity index (χ0) is 22.1. The van der Waals surface area contributed by atoms with Crippen LogP contribution in [-0.2, 0) is 12.1 Å². The molecule has 1 heterocycles. The first-order valence-corrected chi connectivity index (χ1v) is 11.2. The minimum atomic E-state index is -0.735. The first-order valence-electron chi connectivity index (χ1n) is 10.4. The zero-order valence-corrected chi connectivity index (χ0v) is 18.9. The number of aliphatic hydroxyl groups is 1. The second-order valence-electron chi connectivity index (χ2n) is 7.74. The maximum Gasteiger partial charge on any atom is 0.138 e. The Balaban J connectivity index is 1.97. The lowest BCUT2D eigenvalue weighted by molar-refractivity contribution is 0.282. The fourth-order valence-corrected chi connectivity index (χ4v) is 4.96. The van der Waals surface area contributed by atoms with Crippen LogP contribution in [0, 0.1) is 0 Å². The number of rotatable bonds is 5. The summed E-state index contributed by atoms with van der Waals surface area (Å²) in [5.74, 6) is 0. The van der Waals surface area contributed by atoms with E-state index in [-0.39, 0.29) is 6.61 Å². The summed E-state index contributed by atoms with van der Waals surface area (Å²) in [6, 6.07) is 35.0. The highest BCUT2D eigenvalue weighted by molar-refractivity contribution is 9.10. The number of nitrogens with zero attached hydrogens (tertiary/aromatic N) is 2. The van der Waals surface area contributed by atoms with Gasteiger partial charge in [-0.15, -0.1) is 0 Å². The van der Waals surface area contributed by atoms with E-state index in [1.807, 2.05) is 35.0 Å². The molecule has 0 saturated carbocycles. The van der Waals surface area contributed by atoms with Crippen molar-refractivity contribution in [3.05, 3.63) is 130 Å². The Morgan fingerprint density at radius 1 is 0.781 bits per heavy atom. The fraction of sp³-hybridized carbons (Fsp3) is 0.0741. The van der Waals surface area contributed by atoms with Crippen molar-refractivity contribution in [1.29, 1.82) is 0 Å². The molecule has 5 rings (SSSR count). The van der Waals surface area contributed by atoms with Gasteiger partial charge in [-0.1, -0.05) is 91.0 Å². The number of aliphatic hydroxyl groups excluding tert-OH is 1. The molecule has 0 aliphatic heterocycles. The average molecular weight is 484 g/mol. The van der Waals surface area contributed by atoms with Crippen LogP contribution in [0.25, 0.3) is 10.9 Å². The third-order valence-corrected chi connectivity index (χ3v) is 6.54. The number of fused-ring (bicyclic) bond motifs is 1. The zero-order valence-electron chi connectivity index (χ0n) is 17.3. The minimum Gasteiger partial charge on any atom is -0.398 e. The predicted molar refractivity (Wildman–Crippen MR) is 132 cm³/mol. The molecule has 3 N–H and O–H groups in total. The monoisotopic (exact) mass is 483 g/mol. The summed E-state index contributed by atoms with van der Waals surface area (Å²) in [6.45, 7) is -0.124. The van der Waals surface area contributed by atoms with Crippen molar-refractivity contribution in [2.75, 3.05) is 5.73 Å². The number of nitrogen functional groups attached to an aromatic ring is 1. The first kappa shape index (κ1) is 20.5. The number of halogens is 1. The van der Waals surface area contributed by atoms with Gasteiger partial charge in [0.15, 0.2) is 0 Å². The fourth-order valence-electron chi connectivity index (χ4n) is 4.48. The minimum absolute atomic E-state index is 0.124. The highest BCUT2D eigenvalue weighted by Crippen LogP contribution is 2.43. The molecule has 5 heteroatoms. The highest BCUT2D eigenvalue weighted by atomic mass is 79.9. The molecule has 0 atom stereocenters. The van der Waals surface area contributed by atoms with Crippen LogP contribution in [0.1, 0.15) is 22.3 Å². The van der Waals surface area contributed by atoms with Gasteiger partial charge in [0.05, 0.1) is 12.1 Å². The molecule has 0 saturated heterocycles. The van der Waals surface area contributed by atoms with Gasteiger partial charge in [0.1, 0.15) is 10.1 Å². The normalized spacial score (nSPS) is 11.7. The van der Waals surface area contributed by atoms with E-state index in [9.17, 15) is 5.11 Å². The second-order valence-corrected chi connectivity index (χ2v) is 8.49. The van der Waals surface area contributed by atoms with E-state index >= 15 is 0 Å². The van der Waals surface area contributed by atoms with E-state index in [1.165, 1.54) is 0 Å². The summed E-state index contributed by atoms with van der Waals surface area (Å²) in [6.07, 6.45) is 0. The van der Waals surface area contributed by atoms with E-state index < -0.39 is 5.54 Å². The number of aromatic nitrogens is 2. The van der Waals surface area contributed by atoms with Crippen molar-refractivity contribution in [2.45, 2.75) is 12.1 Å². The van der Waals surface area contributed by atoms with Crippen LogP contribution in [0.5, 0.6) is 0 Å². The molecule has 4 aromatic carbocycles. The van der Waals surface area contributed by atoms with Crippen LogP contribution in [0.3, 0.4) is 0 Å². The van der Waals surface area contributed by atoms with E-state index in [2.05, 4.69) is 88.7 Å². The summed E-state index contributed by atoms with van der Waals surface area (Å²) in [7, 11) is 0. The van der Waals surface area contributed by atoms with Gasteiger partial charge in [0.2, 0.25) is 0 Å². The Hall–Kier alpha value is -3.41. The Morgan fingerprint density at radius 2 is 1.25 bits per heavy atom. The van der Waals surface area contributed by atoms with Crippen molar-refractivity contribution >= 4 is 32.5 Å². The van der Waals surface area contributed by atoms with Crippen LogP contribution in [0.2, 0.25) is 0 Å². The summed E-state index contributed by atoms with van der Waals surface area (Å²) < 4.78 is 2.75. The van der Waals surface area contributed by atoms with Crippen LogP contribution < -0.4 is 5.73 Å². The Morgan fingerprint density at radius 3 is 1.69 bits per heavy atom. The number of benzene rings is 4. The van der Waals surface area contributed by atoms with Gasteiger partial charge in [-0.3, -0.25) is 0 Å². The molecule has 0 radical (unpaired) electrons. The molecule has 5 aromatic rings. The lowest BCUT2D eigenvalue weighted by atomic mass is 9.77. The molecule has 0 spiro atoms. The molecule has 0 unspecified atom stereocenters. The third kappa shape index (κ3) is 3.13. The average Bonchev–Trinajstić information content (AvgIpc) is 3.16. The van der Waals surface area contributed by atoms with Crippen molar-refractivity contribution in [2.24, 2.45) is 0 Å². The van der Waals surface area contributed by atoms with Gasteiger partial charge in [0, 0.05) is 16.6 Å². The van der Waals surface area contributed by atoms with Crippen LogP contribution in [-0.4, -0.2) is 14.9 Å². The largest absolute Gasteiger partial charge is 0.398 e. The summed E-state index contributed by atoms with van der Waals surface area (Å²) >= 11 is 3.66. The number of hydrogen-bond donors (Lipinski definition) is 2. The van der Waals surface area contributed by atoms with Crippen LogP contribution in [0.15, 0.2) is 108 Å². The van der Waals surface area contributed by atoms with Gasteiger partial charge >= 0.3 is 0 Å². The third-order valence-electron chi connectivity index (χ3n) is 5.96. The lowest BCUT2D eigenvalue weighted by Crippen LogP contribution is -2.38. The number of anilines is 1. The molecule has 4 nitrogen and oxygen atoms in total.